The lowest BCUT2D eigenvalue weighted by Crippen LogP contribution is -2.19. The molecule has 6 nitrogen and oxygen atoms in total. The standard InChI is InChI=1S/C14H16N2O4S/c1-8(17)21-5-4-12(18)13(19)9-2-3-11-10(6-9)7-15-16-14(11)20/h2-3,6-7,12-13,18-19H,4-5H2,1H3,(H,16,20). The lowest BCUT2D eigenvalue weighted by molar-refractivity contribution is -0.109. The number of rotatable bonds is 5. The SMILES string of the molecule is CC(=O)SCCC(O)C(O)c1ccc2c(=O)[nH]ncc2c1. The number of nitrogens with zero attached hydrogens (tertiary/aromatic N) is 1. The van der Waals surface area contributed by atoms with Crippen LogP contribution in [0.5, 0.6) is 0 Å². The molecule has 1 aromatic heterocycles. The van der Waals surface area contributed by atoms with Gasteiger partial charge in [0.1, 0.15) is 6.10 Å². The molecule has 0 aliphatic rings. The second-order valence-electron chi connectivity index (χ2n) is 4.69. The number of aliphatic hydroxyl groups excluding tert-OH is 2. The van der Waals surface area contributed by atoms with Crippen LogP contribution in [0.4, 0.5) is 0 Å². The number of nitrogens with one attached hydrogen (secondary N) is 1. The predicted molar refractivity (Wildman–Crippen MR) is 81.1 cm³/mol. The van der Waals surface area contributed by atoms with Gasteiger partial charge >= 0.3 is 0 Å². The predicted octanol–water partition coefficient (Wildman–Crippen LogP) is 0.987. The molecule has 0 saturated heterocycles. The quantitative estimate of drug-likeness (QED) is 0.761. The molecule has 0 fully saturated rings. The Morgan fingerprint density at radius 3 is 2.90 bits per heavy atom. The van der Waals surface area contributed by atoms with E-state index < -0.39 is 12.2 Å². The Hall–Kier alpha value is -1.70. The third-order valence-corrected chi connectivity index (χ3v) is 3.96. The number of hydrogen-bond donors (Lipinski definition) is 3. The molecule has 21 heavy (non-hydrogen) atoms. The largest absolute Gasteiger partial charge is 0.390 e. The Kier molecular flexibility index (Phi) is 5.11. The van der Waals surface area contributed by atoms with Gasteiger partial charge < -0.3 is 10.2 Å². The Balaban J connectivity index is 2.13. The molecule has 2 atom stereocenters. The first kappa shape index (κ1) is 15.7. The van der Waals surface area contributed by atoms with Gasteiger partial charge in [0.05, 0.1) is 17.7 Å². The van der Waals surface area contributed by atoms with Crippen molar-refractivity contribution in [3.05, 3.63) is 40.3 Å². The molecule has 0 spiro atoms. The van der Waals surface area contributed by atoms with Gasteiger partial charge in [-0.25, -0.2) is 5.10 Å². The maximum absolute atomic E-state index is 11.5. The van der Waals surface area contributed by atoms with Crippen molar-refractivity contribution in [1.29, 1.82) is 0 Å². The number of benzene rings is 1. The Morgan fingerprint density at radius 2 is 2.19 bits per heavy atom. The highest BCUT2D eigenvalue weighted by Crippen LogP contribution is 2.23. The van der Waals surface area contributed by atoms with Gasteiger partial charge in [0, 0.05) is 18.1 Å². The molecule has 0 aliphatic carbocycles. The van der Waals surface area contributed by atoms with Crippen LogP contribution in [-0.2, 0) is 4.79 Å². The van der Waals surface area contributed by atoms with E-state index >= 15 is 0 Å². The van der Waals surface area contributed by atoms with Crippen molar-refractivity contribution in [1.82, 2.24) is 10.2 Å². The number of aromatic amines is 1. The van der Waals surface area contributed by atoms with E-state index in [1.54, 1.807) is 18.2 Å². The molecule has 7 heteroatoms. The van der Waals surface area contributed by atoms with E-state index in [1.165, 1.54) is 13.1 Å². The van der Waals surface area contributed by atoms with E-state index in [4.69, 9.17) is 0 Å². The summed E-state index contributed by atoms with van der Waals surface area (Å²) in [7, 11) is 0. The monoisotopic (exact) mass is 308 g/mol. The third kappa shape index (κ3) is 3.90. The van der Waals surface area contributed by atoms with Crippen molar-refractivity contribution in [2.24, 2.45) is 0 Å². The van der Waals surface area contributed by atoms with Gasteiger partial charge in [-0.15, -0.1) is 0 Å². The number of H-pyrrole nitrogens is 1. The summed E-state index contributed by atoms with van der Waals surface area (Å²) in [6.45, 7) is 1.46. The molecule has 0 bridgehead atoms. The molecule has 1 heterocycles. The van der Waals surface area contributed by atoms with Crippen LogP contribution in [0.25, 0.3) is 10.8 Å². The zero-order chi connectivity index (χ0) is 15.4. The number of thioether (sulfide) groups is 1. The normalized spacial score (nSPS) is 14.0. The minimum Gasteiger partial charge on any atom is -0.390 e. The second-order valence-corrected chi connectivity index (χ2v) is 5.96. The minimum atomic E-state index is -1.07. The summed E-state index contributed by atoms with van der Waals surface area (Å²) in [5.41, 5.74) is 0.210. The smallest absolute Gasteiger partial charge is 0.272 e. The first-order chi connectivity index (χ1) is 9.99. The van der Waals surface area contributed by atoms with Crippen LogP contribution in [-0.4, -0.2) is 37.4 Å². The van der Waals surface area contributed by atoms with Crippen molar-refractivity contribution < 1.29 is 15.0 Å². The lowest BCUT2D eigenvalue weighted by Gasteiger charge is -2.18. The minimum absolute atomic E-state index is 0.0207. The highest BCUT2D eigenvalue weighted by atomic mass is 32.2. The summed E-state index contributed by atoms with van der Waals surface area (Å²) < 4.78 is 0. The van der Waals surface area contributed by atoms with Gasteiger partial charge in [0.2, 0.25) is 0 Å². The van der Waals surface area contributed by atoms with Gasteiger partial charge in [-0.05, 0) is 24.1 Å². The molecular formula is C14H16N2O4S. The van der Waals surface area contributed by atoms with Crippen LogP contribution >= 0.6 is 11.8 Å². The summed E-state index contributed by atoms with van der Waals surface area (Å²) in [6, 6.07) is 4.82. The maximum Gasteiger partial charge on any atom is 0.272 e. The summed E-state index contributed by atoms with van der Waals surface area (Å²) in [5.74, 6) is 0.447. The fourth-order valence-corrected chi connectivity index (χ4v) is 2.65. The van der Waals surface area contributed by atoms with E-state index in [2.05, 4.69) is 10.2 Å². The van der Waals surface area contributed by atoms with Gasteiger partial charge in [0.15, 0.2) is 5.12 Å². The molecule has 2 rings (SSSR count). The maximum atomic E-state index is 11.5. The lowest BCUT2D eigenvalue weighted by atomic mass is 10.0. The van der Waals surface area contributed by atoms with Crippen LogP contribution < -0.4 is 5.56 Å². The molecule has 2 aromatic rings. The topological polar surface area (TPSA) is 103 Å². The van der Waals surface area contributed by atoms with Crippen LogP contribution in [0.3, 0.4) is 0 Å². The highest BCUT2D eigenvalue weighted by molar-refractivity contribution is 8.13. The van der Waals surface area contributed by atoms with E-state index in [0.717, 1.165) is 11.8 Å². The zero-order valence-electron chi connectivity index (χ0n) is 11.4. The Morgan fingerprint density at radius 1 is 1.43 bits per heavy atom. The second kappa shape index (κ2) is 6.84. The van der Waals surface area contributed by atoms with Crippen molar-refractivity contribution in [2.75, 3.05) is 5.75 Å². The van der Waals surface area contributed by atoms with Crippen LogP contribution in [0, 0.1) is 0 Å². The molecule has 2 unspecified atom stereocenters. The average molecular weight is 308 g/mol. The fraction of sp³-hybridized carbons (Fsp3) is 0.357. The van der Waals surface area contributed by atoms with E-state index in [1.807, 2.05) is 0 Å². The Labute approximate surface area is 125 Å². The van der Waals surface area contributed by atoms with Crippen molar-refractivity contribution >= 4 is 27.6 Å². The van der Waals surface area contributed by atoms with Crippen molar-refractivity contribution in [2.45, 2.75) is 25.6 Å². The first-order valence-corrected chi connectivity index (χ1v) is 7.44. The van der Waals surface area contributed by atoms with Crippen molar-refractivity contribution in [3.63, 3.8) is 0 Å². The molecular weight excluding hydrogens is 292 g/mol. The average Bonchev–Trinajstić information content (AvgIpc) is 2.46. The number of aromatic nitrogens is 2. The zero-order valence-corrected chi connectivity index (χ0v) is 12.3. The molecule has 0 radical (unpaired) electrons. The van der Waals surface area contributed by atoms with Gasteiger partial charge in [-0.1, -0.05) is 17.8 Å². The number of hydrogen-bond acceptors (Lipinski definition) is 6. The third-order valence-electron chi connectivity index (χ3n) is 3.11. The fourth-order valence-electron chi connectivity index (χ4n) is 2.00. The van der Waals surface area contributed by atoms with Gasteiger partial charge in [-0.3, -0.25) is 9.59 Å². The van der Waals surface area contributed by atoms with E-state index in [0.29, 0.717) is 28.5 Å². The molecule has 0 saturated carbocycles. The Bertz CT molecular complexity index is 701. The number of aliphatic hydroxyl groups is 2. The number of carbonyl (C=O) groups excluding carboxylic acids is 1. The van der Waals surface area contributed by atoms with Crippen molar-refractivity contribution in [3.8, 4) is 0 Å². The molecule has 0 amide bonds. The van der Waals surface area contributed by atoms with Gasteiger partial charge in [-0.2, -0.15) is 5.10 Å². The first-order valence-electron chi connectivity index (χ1n) is 6.46. The molecule has 0 aliphatic heterocycles. The highest BCUT2D eigenvalue weighted by Gasteiger charge is 2.19. The molecule has 112 valence electrons. The summed E-state index contributed by atoms with van der Waals surface area (Å²) >= 11 is 1.11. The summed E-state index contributed by atoms with van der Waals surface area (Å²) in [6.07, 6.45) is -0.243. The van der Waals surface area contributed by atoms with Crippen LogP contribution in [0.2, 0.25) is 0 Å². The summed E-state index contributed by atoms with van der Waals surface area (Å²) in [5, 5.41) is 27.2. The molecule has 3 N–H and O–H groups in total. The molecule has 1 aromatic carbocycles. The number of carbonyl (C=O) groups is 1. The van der Waals surface area contributed by atoms with E-state index in [9.17, 15) is 19.8 Å². The van der Waals surface area contributed by atoms with E-state index in [-0.39, 0.29) is 10.7 Å². The van der Waals surface area contributed by atoms with Crippen LogP contribution in [0.15, 0.2) is 29.2 Å². The van der Waals surface area contributed by atoms with Gasteiger partial charge in [0.25, 0.3) is 5.56 Å². The summed E-state index contributed by atoms with van der Waals surface area (Å²) in [4.78, 5) is 22.4. The number of fused-ring (bicyclic) bond motifs is 1. The van der Waals surface area contributed by atoms with Crippen LogP contribution in [0.1, 0.15) is 25.0 Å².